The van der Waals surface area contributed by atoms with Gasteiger partial charge in [-0.15, -0.1) is 0 Å². The number of aliphatic hydroxyl groups excluding tert-OH is 1. The summed E-state index contributed by atoms with van der Waals surface area (Å²) < 4.78 is 5.32. The van der Waals surface area contributed by atoms with Crippen LogP contribution in [0.25, 0.3) is 5.76 Å². The fraction of sp³-hybridized carbons (Fsp3) is 0.130. The molecule has 0 spiro atoms. The van der Waals surface area contributed by atoms with E-state index < -0.39 is 17.7 Å². The minimum absolute atomic E-state index is 0.0758. The topological polar surface area (TPSA) is 92.6 Å². The number of pyridine rings is 2. The first-order chi connectivity index (χ1) is 15.0. The lowest BCUT2D eigenvalue weighted by Crippen LogP contribution is -2.29. The molecule has 1 N–H and O–H groups in total. The van der Waals surface area contributed by atoms with Gasteiger partial charge in [0.15, 0.2) is 0 Å². The third-order valence-electron chi connectivity index (χ3n) is 5.00. The maximum absolute atomic E-state index is 13.1. The number of aromatic nitrogens is 2. The molecular weight excluding hydrogens is 418 g/mol. The van der Waals surface area contributed by atoms with Crippen molar-refractivity contribution in [3.05, 3.63) is 94.5 Å². The van der Waals surface area contributed by atoms with Gasteiger partial charge in [0.25, 0.3) is 11.7 Å². The van der Waals surface area contributed by atoms with Crippen LogP contribution in [0.5, 0.6) is 5.75 Å². The Kier molecular flexibility index (Phi) is 5.68. The van der Waals surface area contributed by atoms with E-state index in [1.807, 2.05) is 6.07 Å². The molecule has 1 fully saturated rings. The molecule has 1 aliphatic rings. The van der Waals surface area contributed by atoms with Crippen LogP contribution in [-0.4, -0.2) is 38.8 Å². The number of halogens is 1. The quantitative estimate of drug-likeness (QED) is 0.372. The van der Waals surface area contributed by atoms with Gasteiger partial charge < -0.3 is 14.7 Å². The van der Waals surface area contributed by atoms with Crippen LogP contribution in [-0.2, 0) is 16.1 Å². The molecule has 0 unspecified atom stereocenters. The smallest absolute Gasteiger partial charge is 0.296 e. The van der Waals surface area contributed by atoms with Crippen molar-refractivity contribution >= 4 is 29.1 Å². The number of ketones is 1. The van der Waals surface area contributed by atoms with Gasteiger partial charge in [0.2, 0.25) is 0 Å². The van der Waals surface area contributed by atoms with Gasteiger partial charge in [-0.05, 0) is 42.0 Å². The highest BCUT2D eigenvalue weighted by Gasteiger charge is 2.47. The van der Waals surface area contributed by atoms with Crippen LogP contribution in [0.4, 0.5) is 0 Å². The molecule has 1 saturated heterocycles. The van der Waals surface area contributed by atoms with Crippen molar-refractivity contribution in [1.82, 2.24) is 14.9 Å². The summed E-state index contributed by atoms with van der Waals surface area (Å²) in [6.07, 6.45) is 4.81. The van der Waals surface area contributed by atoms with Gasteiger partial charge in [-0.2, -0.15) is 0 Å². The number of carbonyl (C=O) groups is 2. The van der Waals surface area contributed by atoms with Crippen LogP contribution in [0.1, 0.15) is 22.9 Å². The second kappa shape index (κ2) is 8.57. The molecule has 7 nitrogen and oxygen atoms in total. The Bertz CT molecular complexity index is 1170. The van der Waals surface area contributed by atoms with Crippen molar-refractivity contribution in [3.63, 3.8) is 0 Å². The van der Waals surface area contributed by atoms with Gasteiger partial charge in [0.05, 0.1) is 23.9 Å². The first-order valence-corrected chi connectivity index (χ1v) is 9.81. The van der Waals surface area contributed by atoms with Crippen molar-refractivity contribution in [1.29, 1.82) is 0 Å². The van der Waals surface area contributed by atoms with Crippen LogP contribution in [0.3, 0.4) is 0 Å². The van der Waals surface area contributed by atoms with Gasteiger partial charge in [-0.1, -0.05) is 23.7 Å². The van der Waals surface area contributed by atoms with E-state index in [0.717, 1.165) is 5.56 Å². The fourth-order valence-corrected chi connectivity index (χ4v) is 3.76. The first kappa shape index (κ1) is 20.6. The molecule has 31 heavy (non-hydrogen) atoms. The van der Waals surface area contributed by atoms with E-state index in [4.69, 9.17) is 16.3 Å². The Hall–Kier alpha value is -3.71. The second-order valence-corrected chi connectivity index (χ2v) is 7.32. The number of ether oxygens (including phenoxy) is 1. The number of rotatable bonds is 5. The molecule has 0 saturated carbocycles. The highest BCUT2D eigenvalue weighted by molar-refractivity contribution is 6.46. The summed E-state index contributed by atoms with van der Waals surface area (Å²) in [4.78, 5) is 35.8. The number of benzene rings is 1. The number of Topliss-reactive ketones (excluding diaryl/α,β-unsaturated/α-hetero) is 1. The van der Waals surface area contributed by atoms with Crippen molar-refractivity contribution < 1.29 is 19.4 Å². The number of hydrogen-bond donors (Lipinski definition) is 1. The predicted octanol–water partition coefficient (Wildman–Crippen LogP) is 3.76. The number of methoxy groups -OCH3 is 1. The lowest BCUT2D eigenvalue weighted by atomic mass is 9.97. The Labute approximate surface area is 183 Å². The molecule has 156 valence electrons. The summed E-state index contributed by atoms with van der Waals surface area (Å²) >= 11 is 6.11. The van der Waals surface area contributed by atoms with E-state index in [0.29, 0.717) is 16.5 Å². The second-order valence-electron chi connectivity index (χ2n) is 6.89. The van der Waals surface area contributed by atoms with Gasteiger partial charge in [0.1, 0.15) is 17.6 Å². The molecule has 1 aromatic carbocycles. The molecule has 1 amide bonds. The van der Waals surface area contributed by atoms with Crippen LogP contribution >= 0.6 is 11.6 Å². The number of amides is 1. The molecule has 8 heteroatoms. The van der Waals surface area contributed by atoms with Crippen molar-refractivity contribution in [2.45, 2.75) is 12.6 Å². The summed E-state index contributed by atoms with van der Waals surface area (Å²) in [5, 5.41) is 11.5. The Morgan fingerprint density at radius 1 is 1.16 bits per heavy atom. The molecule has 3 heterocycles. The zero-order valence-electron chi connectivity index (χ0n) is 16.5. The van der Waals surface area contributed by atoms with Crippen LogP contribution < -0.4 is 4.74 Å². The monoisotopic (exact) mass is 435 g/mol. The molecule has 4 rings (SSSR count). The van der Waals surface area contributed by atoms with Crippen LogP contribution in [0, 0.1) is 0 Å². The van der Waals surface area contributed by atoms with Gasteiger partial charge in [-0.25, -0.2) is 0 Å². The molecule has 0 bridgehead atoms. The Morgan fingerprint density at radius 2 is 2.00 bits per heavy atom. The highest BCUT2D eigenvalue weighted by atomic mass is 35.5. The van der Waals surface area contributed by atoms with Crippen LogP contribution in [0.2, 0.25) is 5.02 Å². The zero-order chi connectivity index (χ0) is 22.0. The maximum atomic E-state index is 13.1. The summed E-state index contributed by atoms with van der Waals surface area (Å²) in [6, 6.07) is 12.5. The third-order valence-corrected chi connectivity index (χ3v) is 5.24. The van der Waals surface area contributed by atoms with Crippen molar-refractivity contribution in [2.24, 2.45) is 0 Å². The minimum atomic E-state index is -0.884. The maximum Gasteiger partial charge on any atom is 0.296 e. The Morgan fingerprint density at radius 3 is 2.68 bits per heavy atom. The molecule has 1 atom stereocenters. The normalized spacial score (nSPS) is 17.7. The standard InChI is InChI=1S/C23H18ClN3O4/c1-31-18-8-7-15(24)11-16(18)21(28)19-20(17-6-2-3-10-26-17)27(23(30)22(19)29)13-14-5-4-9-25-12-14/h2-12,20,28H,13H2,1H3/t20-/m0/s1. The molecule has 2 aromatic heterocycles. The van der Waals surface area contributed by atoms with Gasteiger partial charge in [-0.3, -0.25) is 19.6 Å². The van der Waals surface area contributed by atoms with Gasteiger partial charge >= 0.3 is 0 Å². The first-order valence-electron chi connectivity index (χ1n) is 9.43. The molecule has 0 radical (unpaired) electrons. The molecular formula is C23H18ClN3O4. The zero-order valence-corrected chi connectivity index (χ0v) is 17.3. The summed E-state index contributed by atoms with van der Waals surface area (Å²) in [7, 11) is 1.44. The number of nitrogens with zero attached hydrogens (tertiary/aromatic N) is 3. The highest BCUT2D eigenvalue weighted by Crippen LogP contribution is 2.41. The van der Waals surface area contributed by atoms with Crippen LogP contribution in [0.15, 0.2) is 72.7 Å². The number of likely N-dealkylation sites (tertiary alicyclic amines) is 1. The summed E-state index contributed by atoms with van der Waals surface area (Å²) in [5.41, 5.74) is 1.34. The van der Waals surface area contributed by atoms with E-state index in [2.05, 4.69) is 9.97 Å². The van der Waals surface area contributed by atoms with Crippen molar-refractivity contribution in [3.8, 4) is 5.75 Å². The van der Waals surface area contributed by atoms with Gasteiger partial charge in [0, 0.05) is 30.2 Å². The number of hydrogen-bond acceptors (Lipinski definition) is 6. The minimum Gasteiger partial charge on any atom is -0.507 e. The molecule has 0 aliphatic carbocycles. The van der Waals surface area contributed by atoms with E-state index >= 15 is 0 Å². The average Bonchev–Trinajstić information content (AvgIpc) is 3.04. The fourth-order valence-electron chi connectivity index (χ4n) is 3.59. The predicted molar refractivity (Wildman–Crippen MR) is 114 cm³/mol. The van der Waals surface area contributed by atoms with E-state index in [-0.39, 0.29) is 23.4 Å². The largest absolute Gasteiger partial charge is 0.507 e. The average molecular weight is 436 g/mol. The lowest BCUT2D eigenvalue weighted by Gasteiger charge is -2.24. The number of aliphatic hydroxyl groups is 1. The Balaban J connectivity index is 1.90. The summed E-state index contributed by atoms with van der Waals surface area (Å²) in [6.45, 7) is 0.128. The molecule has 1 aliphatic heterocycles. The third kappa shape index (κ3) is 3.87. The van der Waals surface area contributed by atoms with Crippen molar-refractivity contribution in [2.75, 3.05) is 7.11 Å². The lowest BCUT2D eigenvalue weighted by molar-refractivity contribution is -0.140. The molecule has 3 aromatic rings. The SMILES string of the molecule is COc1ccc(Cl)cc1C(O)=C1C(=O)C(=O)N(Cc2cccnc2)[C@H]1c1ccccn1. The van der Waals surface area contributed by atoms with E-state index in [1.165, 1.54) is 18.1 Å². The van der Waals surface area contributed by atoms with E-state index in [1.54, 1.807) is 55.0 Å². The summed E-state index contributed by atoms with van der Waals surface area (Å²) in [5.74, 6) is -1.59. The van der Waals surface area contributed by atoms with E-state index in [9.17, 15) is 14.7 Å². The number of carbonyl (C=O) groups excluding carboxylic acids is 2.